The van der Waals surface area contributed by atoms with Crippen molar-refractivity contribution in [2.45, 2.75) is 58.2 Å². The molecule has 0 amide bonds. The van der Waals surface area contributed by atoms with Crippen LogP contribution in [0, 0.1) is 0 Å². The Kier molecular flexibility index (Phi) is 6.81. The van der Waals surface area contributed by atoms with Gasteiger partial charge in [-0.25, -0.2) is 0 Å². The fraction of sp³-hybridized carbons (Fsp3) is 0.526. The van der Waals surface area contributed by atoms with Crippen molar-refractivity contribution in [3.05, 3.63) is 40.4 Å². The van der Waals surface area contributed by atoms with E-state index in [1.54, 1.807) is 27.7 Å². The summed E-state index contributed by atoms with van der Waals surface area (Å²) in [5, 5.41) is -0.266. The fourth-order valence-electron chi connectivity index (χ4n) is 2.63. The second-order valence-corrected chi connectivity index (χ2v) is 9.08. The van der Waals surface area contributed by atoms with Crippen LogP contribution in [0.1, 0.15) is 51.3 Å². The van der Waals surface area contributed by atoms with Gasteiger partial charge in [-0.2, -0.15) is 26.3 Å². The second kappa shape index (κ2) is 8.24. The van der Waals surface area contributed by atoms with Crippen LogP contribution < -0.4 is 0 Å². The third-order valence-electron chi connectivity index (χ3n) is 4.96. The van der Waals surface area contributed by atoms with E-state index in [1.807, 2.05) is 0 Å². The number of hydrogen-bond acceptors (Lipinski definition) is 4. The molecule has 166 valence electrons. The van der Waals surface area contributed by atoms with Crippen LogP contribution in [-0.4, -0.2) is 29.2 Å². The Morgan fingerprint density at radius 2 is 1.40 bits per heavy atom. The van der Waals surface area contributed by atoms with Crippen LogP contribution in [0.25, 0.3) is 6.08 Å². The highest BCUT2D eigenvalue weighted by molar-refractivity contribution is 8.13. The number of carbonyl (C=O) groups excluding carboxylic acids is 1. The number of thioether (sulfide) groups is 1. The van der Waals surface area contributed by atoms with Crippen LogP contribution >= 0.6 is 11.8 Å². The molecule has 11 heteroatoms. The van der Waals surface area contributed by atoms with E-state index in [9.17, 15) is 31.1 Å². The van der Waals surface area contributed by atoms with E-state index >= 15 is 0 Å². The maximum atomic E-state index is 13.1. The van der Waals surface area contributed by atoms with Gasteiger partial charge in [-0.15, -0.1) is 0 Å². The van der Waals surface area contributed by atoms with E-state index in [2.05, 4.69) is 0 Å². The van der Waals surface area contributed by atoms with E-state index in [1.165, 1.54) is 6.92 Å². The highest BCUT2D eigenvalue weighted by Gasteiger charge is 2.52. The van der Waals surface area contributed by atoms with Gasteiger partial charge in [0.25, 0.3) is 0 Å². The number of benzene rings is 1. The van der Waals surface area contributed by atoms with Crippen molar-refractivity contribution in [2.24, 2.45) is 0 Å². The first kappa shape index (κ1) is 24.8. The van der Waals surface area contributed by atoms with Crippen LogP contribution in [0.4, 0.5) is 26.3 Å². The topological polar surface area (TPSA) is 35.5 Å². The molecule has 0 atom stereocenters. The van der Waals surface area contributed by atoms with Crippen molar-refractivity contribution in [1.82, 2.24) is 0 Å². The fourth-order valence-corrected chi connectivity index (χ4v) is 3.22. The molecule has 0 radical (unpaired) electrons. The zero-order valence-corrected chi connectivity index (χ0v) is 17.8. The number of hydrogen-bond donors (Lipinski definition) is 0. The highest BCUT2D eigenvalue weighted by Crippen LogP contribution is 2.40. The molecule has 1 aromatic rings. The standard InChI is InChI=1S/C19H21BF6O3S/c1-11(27)30-10-15(20-28-16(2,3)17(4,5)29-20)8-12-6-13(18(21,22)23)9-14(7-12)19(24,25)26/h6-9H,10H2,1-5H3. The lowest BCUT2D eigenvalue weighted by Crippen LogP contribution is -2.41. The summed E-state index contributed by atoms with van der Waals surface area (Å²) in [6.45, 7) is 8.34. The number of alkyl halides is 6. The van der Waals surface area contributed by atoms with Gasteiger partial charge < -0.3 is 9.31 Å². The quantitative estimate of drug-likeness (QED) is 0.412. The van der Waals surface area contributed by atoms with E-state index < -0.39 is 41.8 Å². The number of rotatable bonds is 4. The average molecular weight is 454 g/mol. The SMILES string of the molecule is CC(=O)SCC(=Cc1cc(C(F)(F)F)cc(C(F)(F)F)c1)B1OC(C)(C)C(C)(C)O1. The third-order valence-corrected chi connectivity index (χ3v) is 5.84. The molecule has 0 saturated carbocycles. The predicted octanol–water partition coefficient (Wildman–Crippen LogP) is 6.02. The van der Waals surface area contributed by atoms with Crippen LogP contribution in [0.15, 0.2) is 23.7 Å². The minimum atomic E-state index is -4.96. The van der Waals surface area contributed by atoms with Crippen molar-refractivity contribution in [3.63, 3.8) is 0 Å². The van der Waals surface area contributed by atoms with Crippen molar-refractivity contribution in [2.75, 3.05) is 5.75 Å². The Bertz CT molecular complexity index is 797. The van der Waals surface area contributed by atoms with Crippen molar-refractivity contribution in [1.29, 1.82) is 0 Å². The van der Waals surface area contributed by atoms with E-state index in [-0.39, 0.29) is 28.0 Å². The monoisotopic (exact) mass is 454 g/mol. The first-order valence-electron chi connectivity index (χ1n) is 8.91. The summed E-state index contributed by atoms with van der Waals surface area (Å²) in [4.78, 5) is 11.4. The van der Waals surface area contributed by atoms with E-state index in [0.29, 0.717) is 12.1 Å². The van der Waals surface area contributed by atoms with Crippen molar-refractivity contribution < 1.29 is 40.4 Å². The number of halogens is 6. The lowest BCUT2D eigenvalue weighted by atomic mass is 9.78. The molecule has 3 nitrogen and oxygen atoms in total. The molecule has 1 aliphatic rings. The molecule has 0 bridgehead atoms. The Morgan fingerprint density at radius 1 is 0.967 bits per heavy atom. The molecule has 0 aliphatic carbocycles. The van der Waals surface area contributed by atoms with Crippen LogP contribution in [0.2, 0.25) is 0 Å². The highest BCUT2D eigenvalue weighted by atomic mass is 32.2. The smallest absolute Gasteiger partial charge is 0.400 e. The zero-order valence-electron chi connectivity index (χ0n) is 17.0. The molecule has 0 aromatic heterocycles. The normalized spacial score (nSPS) is 19.3. The van der Waals surface area contributed by atoms with Gasteiger partial charge in [-0.05, 0) is 56.9 Å². The van der Waals surface area contributed by atoms with Gasteiger partial charge in [-0.1, -0.05) is 17.8 Å². The lowest BCUT2D eigenvalue weighted by molar-refractivity contribution is -0.143. The maximum absolute atomic E-state index is 13.1. The Labute approximate surface area is 175 Å². The Balaban J connectivity index is 2.56. The minimum Gasteiger partial charge on any atom is -0.400 e. The molecule has 1 fully saturated rings. The Hall–Kier alpha value is -1.46. The van der Waals surface area contributed by atoms with Gasteiger partial charge >= 0.3 is 19.5 Å². The van der Waals surface area contributed by atoms with Gasteiger partial charge in [0, 0.05) is 12.7 Å². The molecule has 2 rings (SSSR count). The van der Waals surface area contributed by atoms with Crippen LogP contribution in [0.5, 0.6) is 0 Å². The summed E-state index contributed by atoms with van der Waals surface area (Å²) in [6, 6.07) is 1.31. The first-order chi connectivity index (χ1) is 13.4. The molecular weight excluding hydrogens is 433 g/mol. The molecule has 1 saturated heterocycles. The van der Waals surface area contributed by atoms with Gasteiger partial charge in [0.15, 0.2) is 5.12 Å². The summed E-state index contributed by atoms with van der Waals surface area (Å²) < 4.78 is 90.6. The van der Waals surface area contributed by atoms with Crippen LogP contribution in [0.3, 0.4) is 0 Å². The molecule has 0 N–H and O–H groups in total. The molecule has 0 spiro atoms. The lowest BCUT2D eigenvalue weighted by Gasteiger charge is -2.32. The largest absolute Gasteiger partial charge is 0.491 e. The molecule has 0 unspecified atom stereocenters. The van der Waals surface area contributed by atoms with Gasteiger partial charge in [0.2, 0.25) is 0 Å². The van der Waals surface area contributed by atoms with Gasteiger partial charge in [-0.3, -0.25) is 4.79 Å². The summed E-state index contributed by atoms with van der Waals surface area (Å²) >= 11 is 0.854. The molecule has 1 heterocycles. The van der Waals surface area contributed by atoms with Gasteiger partial charge in [0.05, 0.1) is 22.3 Å². The van der Waals surface area contributed by atoms with E-state index in [0.717, 1.165) is 17.8 Å². The third kappa shape index (κ3) is 5.82. The van der Waals surface area contributed by atoms with Crippen LogP contribution in [-0.2, 0) is 26.5 Å². The van der Waals surface area contributed by atoms with Crippen molar-refractivity contribution in [3.8, 4) is 0 Å². The molecular formula is C19H21BF6O3S. The zero-order chi connectivity index (χ0) is 23.1. The number of carbonyl (C=O) groups is 1. The summed E-state index contributed by atoms with van der Waals surface area (Å²) in [5.41, 5.74) is -4.45. The molecule has 30 heavy (non-hydrogen) atoms. The summed E-state index contributed by atoms with van der Waals surface area (Å²) in [5.74, 6) is -0.0102. The molecule has 1 aliphatic heterocycles. The second-order valence-electron chi connectivity index (χ2n) is 7.93. The average Bonchev–Trinajstić information content (AvgIpc) is 2.77. The first-order valence-corrected chi connectivity index (χ1v) is 9.90. The Morgan fingerprint density at radius 3 is 1.77 bits per heavy atom. The van der Waals surface area contributed by atoms with Gasteiger partial charge in [0.1, 0.15) is 0 Å². The molecule has 1 aromatic carbocycles. The predicted molar refractivity (Wildman–Crippen MR) is 104 cm³/mol. The summed E-state index contributed by atoms with van der Waals surface area (Å²) in [6.07, 6.45) is -8.76. The maximum Gasteiger partial charge on any atom is 0.491 e. The van der Waals surface area contributed by atoms with E-state index in [4.69, 9.17) is 9.31 Å². The summed E-state index contributed by atoms with van der Waals surface area (Å²) in [7, 11) is -1.02. The van der Waals surface area contributed by atoms with Crippen molar-refractivity contribution >= 4 is 30.1 Å². The minimum absolute atomic E-state index is 0.0102.